The van der Waals surface area contributed by atoms with Gasteiger partial charge in [0.05, 0.1) is 41.3 Å². The third-order valence-electron chi connectivity index (χ3n) is 6.72. The van der Waals surface area contributed by atoms with Crippen LogP contribution in [-0.2, 0) is 21.2 Å². The Kier molecular flexibility index (Phi) is 8.17. The lowest BCUT2D eigenvalue weighted by Gasteiger charge is -2.22. The molecule has 42 heavy (non-hydrogen) atoms. The molecule has 1 aliphatic rings. The van der Waals surface area contributed by atoms with Crippen molar-refractivity contribution in [2.24, 2.45) is 0 Å². The summed E-state index contributed by atoms with van der Waals surface area (Å²) >= 11 is 3.49. The maximum atomic E-state index is 12.9. The van der Waals surface area contributed by atoms with E-state index in [1.165, 1.54) is 13.2 Å². The summed E-state index contributed by atoms with van der Waals surface area (Å²) in [6.07, 6.45) is 6.48. The Balaban J connectivity index is 1.50. The van der Waals surface area contributed by atoms with Crippen LogP contribution in [0, 0.1) is 0 Å². The first-order chi connectivity index (χ1) is 20.0. The Morgan fingerprint density at radius 2 is 1.86 bits per heavy atom. The molecule has 2 aromatic carbocycles. The quantitative estimate of drug-likeness (QED) is 0.273. The van der Waals surface area contributed by atoms with Gasteiger partial charge in [0.2, 0.25) is 21.9 Å². The van der Waals surface area contributed by atoms with Crippen LogP contribution in [0.25, 0.3) is 11.0 Å². The Morgan fingerprint density at radius 3 is 2.57 bits per heavy atom. The van der Waals surface area contributed by atoms with E-state index >= 15 is 0 Å². The molecule has 0 unspecified atom stereocenters. The smallest absolute Gasteiger partial charge is 0.241 e. The van der Waals surface area contributed by atoms with Crippen molar-refractivity contribution in [3.05, 3.63) is 52.9 Å². The van der Waals surface area contributed by atoms with Crippen LogP contribution in [0.4, 0.5) is 34.5 Å². The summed E-state index contributed by atoms with van der Waals surface area (Å²) in [6, 6.07) is 7.26. The van der Waals surface area contributed by atoms with Crippen molar-refractivity contribution in [2.45, 2.75) is 6.42 Å². The molecule has 1 aliphatic heterocycles. The van der Waals surface area contributed by atoms with Crippen molar-refractivity contribution in [3.8, 4) is 5.75 Å². The van der Waals surface area contributed by atoms with Gasteiger partial charge in [-0.25, -0.2) is 13.4 Å². The zero-order valence-corrected chi connectivity index (χ0v) is 26.1. The molecule has 0 saturated carbocycles. The normalized spacial score (nSPS) is 12.9. The Hall–Kier alpha value is -4.08. The van der Waals surface area contributed by atoms with E-state index in [0.717, 1.165) is 28.2 Å². The maximum absolute atomic E-state index is 12.9. The van der Waals surface area contributed by atoms with Crippen LogP contribution >= 0.6 is 15.9 Å². The number of ether oxygens (including phenoxy) is 1. The molecule has 3 heterocycles. The average Bonchev–Trinajstić information content (AvgIpc) is 3.36. The number of nitrogens with zero attached hydrogens (tertiary/aromatic N) is 7. The number of methoxy groups -OCH3 is 1. The number of sulfonamides is 1. The molecule has 5 rings (SSSR count). The van der Waals surface area contributed by atoms with Gasteiger partial charge in [0.1, 0.15) is 22.8 Å². The Bertz CT molecular complexity index is 1790. The number of nitrogens with one attached hydrogen (secondary N) is 2. The van der Waals surface area contributed by atoms with Crippen LogP contribution in [0.5, 0.6) is 5.75 Å². The Morgan fingerprint density at radius 1 is 1.10 bits per heavy atom. The molecule has 0 atom stereocenters. The number of amides is 1. The van der Waals surface area contributed by atoms with Gasteiger partial charge in [0.25, 0.3) is 0 Å². The second-order valence-electron chi connectivity index (χ2n) is 9.97. The lowest BCUT2D eigenvalue weighted by Crippen LogP contribution is -2.36. The van der Waals surface area contributed by atoms with Gasteiger partial charge in [-0.15, -0.1) is 0 Å². The summed E-state index contributed by atoms with van der Waals surface area (Å²) in [6.45, 7) is 0.897. The van der Waals surface area contributed by atoms with Gasteiger partial charge < -0.3 is 25.2 Å². The average molecular weight is 657 g/mol. The van der Waals surface area contributed by atoms with Gasteiger partial charge >= 0.3 is 0 Å². The number of benzene rings is 2. The fourth-order valence-corrected chi connectivity index (χ4v) is 5.47. The number of halogens is 1. The Labute approximate surface area is 252 Å². The summed E-state index contributed by atoms with van der Waals surface area (Å²) in [7, 11) is 3.13. The van der Waals surface area contributed by atoms with Crippen molar-refractivity contribution in [1.29, 1.82) is 0 Å². The highest BCUT2D eigenvalue weighted by Gasteiger charge is 2.27. The molecule has 1 amide bonds. The van der Waals surface area contributed by atoms with Crippen molar-refractivity contribution < 1.29 is 17.9 Å². The summed E-state index contributed by atoms with van der Waals surface area (Å²) < 4.78 is 32.4. The number of carbonyl (C=O) groups is 1. The lowest BCUT2D eigenvalue weighted by molar-refractivity contribution is -0.119. The van der Waals surface area contributed by atoms with E-state index in [2.05, 4.69) is 46.5 Å². The van der Waals surface area contributed by atoms with Gasteiger partial charge in [-0.2, -0.15) is 4.98 Å². The highest BCUT2D eigenvalue weighted by atomic mass is 79.9. The summed E-state index contributed by atoms with van der Waals surface area (Å²) in [4.78, 5) is 34.2. The third kappa shape index (κ3) is 5.93. The van der Waals surface area contributed by atoms with Crippen LogP contribution in [0.15, 0.2) is 47.3 Å². The second kappa shape index (κ2) is 11.7. The summed E-state index contributed by atoms with van der Waals surface area (Å²) in [5.41, 5.74) is 4.15. The van der Waals surface area contributed by atoms with Crippen molar-refractivity contribution in [1.82, 2.24) is 24.8 Å². The van der Waals surface area contributed by atoms with Gasteiger partial charge in [-0.1, -0.05) is 0 Å². The van der Waals surface area contributed by atoms with Crippen LogP contribution in [0.3, 0.4) is 0 Å². The van der Waals surface area contributed by atoms with Crippen LogP contribution in [0.2, 0.25) is 0 Å². The minimum Gasteiger partial charge on any atom is -0.495 e. The number of likely N-dealkylation sites (N-methyl/N-ethyl adjacent to an activating group) is 1. The topological polar surface area (TPSA) is 146 Å². The monoisotopic (exact) mass is 655 g/mol. The molecule has 0 bridgehead atoms. The van der Waals surface area contributed by atoms with Crippen LogP contribution < -0.4 is 24.6 Å². The minimum atomic E-state index is -3.63. The van der Waals surface area contributed by atoms with E-state index < -0.39 is 10.0 Å². The molecule has 15 heteroatoms. The molecular formula is C27H30BrN9O4S. The molecule has 0 fully saturated rings. The largest absolute Gasteiger partial charge is 0.495 e. The number of carbonyl (C=O) groups excluding carboxylic acids is 1. The van der Waals surface area contributed by atoms with Gasteiger partial charge in [0.15, 0.2) is 0 Å². The highest BCUT2D eigenvalue weighted by Crippen LogP contribution is 2.40. The first-order valence-corrected chi connectivity index (χ1v) is 15.5. The van der Waals surface area contributed by atoms with E-state index in [-0.39, 0.29) is 11.9 Å². The minimum absolute atomic E-state index is 0.0104. The van der Waals surface area contributed by atoms with Gasteiger partial charge in [-0.05, 0) is 66.3 Å². The van der Waals surface area contributed by atoms with Crippen molar-refractivity contribution in [3.63, 3.8) is 0 Å². The predicted octanol–water partition coefficient (Wildman–Crippen LogP) is 3.52. The molecular weight excluding hydrogens is 626 g/mol. The zero-order chi connectivity index (χ0) is 30.2. The zero-order valence-electron chi connectivity index (χ0n) is 23.7. The molecule has 2 aromatic heterocycles. The van der Waals surface area contributed by atoms with E-state index in [9.17, 15) is 13.2 Å². The first kappa shape index (κ1) is 29.4. The molecule has 0 spiro atoms. The number of anilines is 6. The fraction of sp³-hybridized carbons (Fsp3) is 0.296. The first-order valence-electron chi connectivity index (χ1n) is 12.9. The molecule has 2 N–H and O–H groups in total. The number of hydrogen-bond acceptors (Lipinski definition) is 11. The predicted molar refractivity (Wildman–Crippen MR) is 167 cm³/mol. The molecule has 0 saturated heterocycles. The SMILES string of the molecule is COc1cc2c(cc1Nc1ncc(Br)c(Nc3ccc4nccnc4c3N(C)S(C)(=O)=O)n1)N(C(=O)CN(C)C)CC2. The molecule has 4 aromatic rings. The maximum Gasteiger partial charge on any atom is 0.241 e. The van der Waals surface area contributed by atoms with E-state index in [1.54, 1.807) is 36.5 Å². The van der Waals surface area contributed by atoms with Crippen molar-refractivity contribution >= 4 is 77.4 Å². The van der Waals surface area contributed by atoms with Crippen LogP contribution in [-0.4, -0.2) is 86.8 Å². The van der Waals surface area contributed by atoms with E-state index in [1.807, 2.05) is 31.1 Å². The molecule has 13 nitrogen and oxygen atoms in total. The lowest BCUT2D eigenvalue weighted by atomic mass is 10.1. The van der Waals surface area contributed by atoms with Crippen LogP contribution in [0.1, 0.15) is 5.56 Å². The second-order valence-corrected chi connectivity index (χ2v) is 12.8. The highest BCUT2D eigenvalue weighted by molar-refractivity contribution is 9.10. The standard InChI is InChI=1S/C27H30BrN9O4S/c1-35(2)15-23(38)37-11-8-16-12-22(41-4)20(13-21(16)37)33-27-31-14-17(28)26(34-27)32-19-7-6-18-24(30-10-9-29-18)25(19)36(3)42(5,39)40/h6-7,9-10,12-14H,8,11,15H2,1-5H3,(H2,31,32,33,34). The number of rotatable bonds is 9. The van der Waals surface area contributed by atoms with E-state index in [4.69, 9.17) is 4.74 Å². The fourth-order valence-electron chi connectivity index (χ4n) is 4.67. The van der Waals surface area contributed by atoms with Crippen molar-refractivity contribution in [2.75, 3.05) is 67.4 Å². The number of hydrogen-bond donors (Lipinski definition) is 2. The summed E-state index contributed by atoms with van der Waals surface area (Å²) in [5, 5.41) is 6.43. The molecule has 220 valence electrons. The van der Waals surface area contributed by atoms with Gasteiger partial charge in [-0.3, -0.25) is 19.1 Å². The molecule has 0 radical (unpaired) electrons. The van der Waals surface area contributed by atoms with E-state index in [0.29, 0.717) is 57.2 Å². The third-order valence-corrected chi connectivity index (χ3v) is 8.48. The van der Waals surface area contributed by atoms with Gasteiger partial charge in [0, 0.05) is 37.9 Å². The number of fused-ring (bicyclic) bond motifs is 2. The summed E-state index contributed by atoms with van der Waals surface area (Å²) in [5.74, 6) is 1.22. The number of aromatic nitrogens is 4. The molecule has 0 aliphatic carbocycles.